The van der Waals surface area contributed by atoms with Crippen LogP contribution < -0.4 is 4.74 Å². The summed E-state index contributed by atoms with van der Waals surface area (Å²) in [6.45, 7) is 0.890. The standard InChI is InChI=1S/C14H20BrNO3/c1-16(8-4-3-5-9-17)14(18)12-10-11(19-2)6-7-13(12)15/h6-7,10,17H,3-5,8-9H2,1-2H3. The molecule has 1 rings (SSSR count). The highest BCUT2D eigenvalue weighted by molar-refractivity contribution is 9.10. The van der Waals surface area contributed by atoms with Crippen LogP contribution in [0.4, 0.5) is 0 Å². The molecule has 0 saturated heterocycles. The van der Waals surface area contributed by atoms with E-state index in [-0.39, 0.29) is 12.5 Å². The third-order valence-corrected chi connectivity index (χ3v) is 3.59. The zero-order chi connectivity index (χ0) is 14.3. The second-order valence-electron chi connectivity index (χ2n) is 4.36. The molecular weight excluding hydrogens is 310 g/mol. The highest BCUT2D eigenvalue weighted by Crippen LogP contribution is 2.23. The van der Waals surface area contributed by atoms with Gasteiger partial charge in [0.25, 0.3) is 5.91 Å². The molecule has 0 fully saturated rings. The largest absolute Gasteiger partial charge is 0.497 e. The van der Waals surface area contributed by atoms with Crippen molar-refractivity contribution in [2.75, 3.05) is 27.3 Å². The molecule has 0 atom stereocenters. The number of aliphatic hydroxyl groups excluding tert-OH is 1. The Morgan fingerprint density at radius 2 is 2.11 bits per heavy atom. The highest BCUT2D eigenvalue weighted by atomic mass is 79.9. The lowest BCUT2D eigenvalue weighted by atomic mass is 10.1. The summed E-state index contributed by atoms with van der Waals surface area (Å²) in [7, 11) is 3.36. The second-order valence-corrected chi connectivity index (χ2v) is 5.21. The van der Waals surface area contributed by atoms with E-state index in [9.17, 15) is 4.79 Å². The van der Waals surface area contributed by atoms with Crippen LogP contribution in [0.5, 0.6) is 5.75 Å². The van der Waals surface area contributed by atoms with Gasteiger partial charge in [-0.15, -0.1) is 0 Å². The summed E-state index contributed by atoms with van der Waals surface area (Å²) < 4.78 is 5.90. The van der Waals surface area contributed by atoms with Gasteiger partial charge in [-0.25, -0.2) is 0 Å². The van der Waals surface area contributed by atoms with E-state index in [1.54, 1.807) is 25.1 Å². The first-order chi connectivity index (χ1) is 9.10. The van der Waals surface area contributed by atoms with Gasteiger partial charge in [0, 0.05) is 24.7 Å². The van der Waals surface area contributed by atoms with E-state index in [4.69, 9.17) is 9.84 Å². The number of carbonyl (C=O) groups excluding carboxylic acids is 1. The van der Waals surface area contributed by atoms with E-state index < -0.39 is 0 Å². The van der Waals surface area contributed by atoms with Crippen LogP contribution in [0.15, 0.2) is 22.7 Å². The molecule has 5 heteroatoms. The molecule has 0 saturated carbocycles. The number of benzene rings is 1. The molecule has 19 heavy (non-hydrogen) atoms. The first-order valence-electron chi connectivity index (χ1n) is 6.30. The maximum atomic E-state index is 12.3. The summed E-state index contributed by atoms with van der Waals surface area (Å²) in [6, 6.07) is 5.35. The van der Waals surface area contributed by atoms with Gasteiger partial charge in [-0.2, -0.15) is 0 Å². The number of ether oxygens (including phenoxy) is 1. The molecule has 1 aromatic rings. The monoisotopic (exact) mass is 329 g/mol. The molecular formula is C14H20BrNO3. The van der Waals surface area contributed by atoms with E-state index in [1.807, 2.05) is 12.1 Å². The summed E-state index contributed by atoms with van der Waals surface area (Å²) in [5.41, 5.74) is 0.601. The number of carbonyl (C=O) groups is 1. The van der Waals surface area contributed by atoms with Gasteiger partial charge >= 0.3 is 0 Å². The van der Waals surface area contributed by atoms with Crippen LogP contribution >= 0.6 is 15.9 Å². The number of rotatable bonds is 7. The van der Waals surface area contributed by atoms with Gasteiger partial charge in [0.15, 0.2) is 0 Å². The number of nitrogens with zero attached hydrogens (tertiary/aromatic N) is 1. The molecule has 4 nitrogen and oxygen atoms in total. The minimum Gasteiger partial charge on any atom is -0.497 e. The van der Waals surface area contributed by atoms with Crippen molar-refractivity contribution in [3.8, 4) is 5.75 Å². The lowest BCUT2D eigenvalue weighted by Crippen LogP contribution is -2.28. The molecule has 106 valence electrons. The van der Waals surface area contributed by atoms with Gasteiger partial charge in [-0.3, -0.25) is 4.79 Å². The van der Waals surface area contributed by atoms with Gasteiger partial charge in [-0.1, -0.05) is 0 Å². The molecule has 0 radical (unpaired) electrons. The number of methoxy groups -OCH3 is 1. The van der Waals surface area contributed by atoms with Crippen LogP contribution in [-0.4, -0.2) is 43.2 Å². The van der Waals surface area contributed by atoms with Crippen LogP contribution in [0.1, 0.15) is 29.6 Å². The Bertz CT molecular complexity index is 423. The fourth-order valence-electron chi connectivity index (χ4n) is 1.74. The number of aliphatic hydroxyl groups is 1. The minimum atomic E-state index is -0.0326. The number of unbranched alkanes of at least 4 members (excludes halogenated alkanes) is 2. The summed E-state index contributed by atoms with van der Waals surface area (Å²) in [4.78, 5) is 14.0. The predicted molar refractivity (Wildman–Crippen MR) is 78.6 cm³/mol. The van der Waals surface area contributed by atoms with Gasteiger partial charge in [-0.05, 0) is 53.4 Å². The van der Waals surface area contributed by atoms with E-state index >= 15 is 0 Å². The second kappa shape index (κ2) is 8.17. The lowest BCUT2D eigenvalue weighted by molar-refractivity contribution is 0.0791. The van der Waals surface area contributed by atoms with Crippen molar-refractivity contribution >= 4 is 21.8 Å². The van der Waals surface area contributed by atoms with Crippen molar-refractivity contribution in [2.24, 2.45) is 0 Å². The molecule has 1 aromatic carbocycles. The van der Waals surface area contributed by atoms with Crippen molar-refractivity contribution in [1.29, 1.82) is 0 Å². The maximum absolute atomic E-state index is 12.3. The lowest BCUT2D eigenvalue weighted by Gasteiger charge is -2.18. The molecule has 0 unspecified atom stereocenters. The van der Waals surface area contributed by atoms with Crippen LogP contribution in [0.2, 0.25) is 0 Å². The van der Waals surface area contributed by atoms with Crippen LogP contribution in [0.25, 0.3) is 0 Å². The Morgan fingerprint density at radius 3 is 2.74 bits per heavy atom. The van der Waals surface area contributed by atoms with Crippen LogP contribution in [0.3, 0.4) is 0 Å². The fraction of sp³-hybridized carbons (Fsp3) is 0.500. The number of hydrogen-bond donors (Lipinski definition) is 1. The van der Waals surface area contributed by atoms with E-state index in [0.717, 1.165) is 23.7 Å². The average molecular weight is 330 g/mol. The summed E-state index contributed by atoms with van der Waals surface area (Å²) in [5.74, 6) is 0.634. The number of halogens is 1. The van der Waals surface area contributed by atoms with Crippen molar-refractivity contribution in [1.82, 2.24) is 4.90 Å². The van der Waals surface area contributed by atoms with Crippen molar-refractivity contribution in [3.63, 3.8) is 0 Å². The molecule has 0 aliphatic heterocycles. The van der Waals surface area contributed by atoms with E-state index in [1.165, 1.54) is 0 Å². The average Bonchev–Trinajstić information content (AvgIpc) is 2.43. The molecule has 0 bridgehead atoms. The molecule has 0 heterocycles. The predicted octanol–water partition coefficient (Wildman–Crippen LogP) is 2.69. The zero-order valence-electron chi connectivity index (χ0n) is 11.4. The topological polar surface area (TPSA) is 49.8 Å². The van der Waals surface area contributed by atoms with Crippen molar-refractivity contribution in [2.45, 2.75) is 19.3 Å². The summed E-state index contributed by atoms with van der Waals surface area (Å²) >= 11 is 3.39. The SMILES string of the molecule is COc1ccc(Br)c(C(=O)N(C)CCCCCO)c1. The quantitative estimate of drug-likeness (QED) is 0.782. The maximum Gasteiger partial charge on any atom is 0.254 e. The number of amides is 1. The fourth-order valence-corrected chi connectivity index (χ4v) is 2.16. The molecule has 1 N–H and O–H groups in total. The first kappa shape index (κ1) is 16.0. The van der Waals surface area contributed by atoms with E-state index in [0.29, 0.717) is 17.9 Å². The van der Waals surface area contributed by atoms with Crippen molar-refractivity contribution < 1.29 is 14.6 Å². The minimum absolute atomic E-state index is 0.0326. The molecule has 1 amide bonds. The Kier molecular flexibility index (Phi) is 6.87. The zero-order valence-corrected chi connectivity index (χ0v) is 12.9. The van der Waals surface area contributed by atoms with Gasteiger partial charge in [0.2, 0.25) is 0 Å². The van der Waals surface area contributed by atoms with Crippen LogP contribution in [-0.2, 0) is 0 Å². The van der Waals surface area contributed by atoms with Crippen LogP contribution in [0, 0.1) is 0 Å². The smallest absolute Gasteiger partial charge is 0.254 e. The normalized spacial score (nSPS) is 10.3. The molecule has 0 aromatic heterocycles. The number of hydrogen-bond acceptors (Lipinski definition) is 3. The Morgan fingerprint density at radius 1 is 1.37 bits per heavy atom. The third-order valence-electron chi connectivity index (χ3n) is 2.90. The first-order valence-corrected chi connectivity index (χ1v) is 7.09. The molecule has 0 aliphatic rings. The third kappa shape index (κ3) is 4.84. The van der Waals surface area contributed by atoms with Gasteiger partial charge in [0.1, 0.15) is 5.75 Å². The summed E-state index contributed by atoms with van der Waals surface area (Å²) in [5, 5.41) is 8.71. The van der Waals surface area contributed by atoms with Gasteiger partial charge < -0.3 is 14.7 Å². The molecule has 0 aliphatic carbocycles. The Labute approximate surface area is 122 Å². The Balaban J connectivity index is 2.65. The highest BCUT2D eigenvalue weighted by Gasteiger charge is 2.15. The van der Waals surface area contributed by atoms with Gasteiger partial charge in [0.05, 0.1) is 12.7 Å². The summed E-state index contributed by atoms with van der Waals surface area (Å²) in [6.07, 6.45) is 2.60. The van der Waals surface area contributed by atoms with Crippen molar-refractivity contribution in [3.05, 3.63) is 28.2 Å². The Hall–Kier alpha value is -1.07. The van der Waals surface area contributed by atoms with E-state index in [2.05, 4.69) is 15.9 Å². The molecule has 0 spiro atoms.